The van der Waals surface area contributed by atoms with Gasteiger partial charge >= 0.3 is 0 Å². The second-order valence-electron chi connectivity index (χ2n) is 5.67. The van der Waals surface area contributed by atoms with Crippen molar-refractivity contribution in [1.82, 2.24) is 5.32 Å². The van der Waals surface area contributed by atoms with Crippen LogP contribution in [0.15, 0.2) is 28.9 Å². The standard InChI is InChI=1S/C17H21NO2/c1-2-12-7-8-16-15(9-12)13(11-20-16)10-17(19)18-14-5-3-4-6-14/h7-9,11,14H,2-6,10H2,1H3,(H,18,19). The largest absolute Gasteiger partial charge is 0.464 e. The molecule has 0 bridgehead atoms. The van der Waals surface area contributed by atoms with E-state index >= 15 is 0 Å². The van der Waals surface area contributed by atoms with Gasteiger partial charge in [0.2, 0.25) is 5.91 Å². The Labute approximate surface area is 119 Å². The first-order valence-corrected chi connectivity index (χ1v) is 7.54. The molecule has 1 fully saturated rings. The monoisotopic (exact) mass is 271 g/mol. The highest BCUT2D eigenvalue weighted by Gasteiger charge is 2.18. The SMILES string of the molecule is CCc1ccc2occ(CC(=O)NC3CCCC3)c2c1. The maximum atomic E-state index is 12.1. The van der Waals surface area contributed by atoms with Crippen molar-refractivity contribution in [2.24, 2.45) is 0 Å². The first kappa shape index (κ1) is 13.2. The summed E-state index contributed by atoms with van der Waals surface area (Å²) in [5.41, 5.74) is 3.13. The average molecular weight is 271 g/mol. The molecular formula is C17H21NO2. The fourth-order valence-electron chi connectivity index (χ4n) is 3.01. The predicted molar refractivity (Wildman–Crippen MR) is 79.7 cm³/mol. The van der Waals surface area contributed by atoms with Crippen LogP contribution in [0.2, 0.25) is 0 Å². The van der Waals surface area contributed by atoms with Crippen molar-refractivity contribution < 1.29 is 9.21 Å². The van der Waals surface area contributed by atoms with E-state index in [1.165, 1.54) is 18.4 Å². The minimum atomic E-state index is 0.113. The van der Waals surface area contributed by atoms with Gasteiger partial charge in [0.25, 0.3) is 0 Å². The van der Waals surface area contributed by atoms with Gasteiger partial charge in [0.05, 0.1) is 12.7 Å². The highest BCUT2D eigenvalue weighted by molar-refractivity contribution is 5.88. The van der Waals surface area contributed by atoms with Gasteiger partial charge < -0.3 is 9.73 Å². The van der Waals surface area contributed by atoms with E-state index in [1.807, 2.05) is 6.07 Å². The molecule has 1 amide bonds. The highest BCUT2D eigenvalue weighted by atomic mass is 16.3. The molecule has 0 atom stereocenters. The maximum absolute atomic E-state index is 12.1. The third-order valence-electron chi connectivity index (χ3n) is 4.20. The molecule has 0 spiro atoms. The number of amides is 1. The topological polar surface area (TPSA) is 42.2 Å². The van der Waals surface area contributed by atoms with Crippen LogP contribution >= 0.6 is 0 Å². The number of hydrogen-bond donors (Lipinski definition) is 1. The number of benzene rings is 1. The number of nitrogens with one attached hydrogen (secondary N) is 1. The third kappa shape index (κ3) is 2.72. The van der Waals surface area contributed by atoms with Crippen LogP contribution in [0.3, 0.4) is 0 Å². The molecule has 1 aromatic carbocycles. The molecule has 1 aliphatic carbocycles. The van der Waals surface area contributed by atoms with Gasteiger partial charge in [0.15, 0.2) is 0 Å². The molecule has 1 N–H and O–H groups in total. The lowest BCUT2D eigenvalue weighted by Gasteiger charge is -2.11. The van der Waals surface area contributed by atoms with Crippen LogP contribution in [0.5, 0.6) is 0 Å². The molecule has 106 valence electrons. The van der Waals surface area contributed by atoms with Crippen LogP contribution in [0.25, 0.3) is 11.0 Å². The van der Waals surface area contributed by atoms with Crippen molar-refractivity contribution in [1.29, 1.82) is 0 Å². The minimum Gasteiger partial charge on any atom is -0.464 e. The van der Waals surface area contributed by atoms with Crippen molar-refractivity contribution in [3.8, 4) is 0 Å². The molecule has 3 nitrogen and oxygen atoms in total. The summed E-state index contributed by atoms with van der Waals surface area (Å²) in [5.74, 6) is 0.113. The molecule has 1 aromatic heterocycles. The summed E-state index contributed by atoms with van der Waals surface area (Å²) < 4.78 is 5.54. The molecule has 1 saturated carbocycles. The Bertz CT molecular complexity index is 608. The highest BCUT2D eigenvalue weighted by Crippen LogP contribution is 2.24. The van der Waals surface area contributed by atoms with Crippen LogP contribution in [-0.2, 0) is 17.6 Å². The van der Waals surface area contributed by atoms with Crippen molar-refractivity contribution in [2.75, 3.05) is 0 Å². The number of hydrogen-bond acceptors (Lipinski definition) is 2. The number of furan rings is 1. The first-order chi connectivity index (χ1) is 9.76. The Balaban J connectivity index is 1.74. The van der Waals surface area contributed by atoms with Crippen molar-refractivity contribution >= 4 is 16.9 Å². The van der Waals surface area contributed by atoms with Crippen LogP contribution in [0, 0.1) is 0 Å². The Morgan fingerprint density at radius 3 is 2.90 bits per heavy atom. The summed E-state index contributed by atoms with van der Waals surface area (Å²) in [6.45, 7) is 2.13. The van der Waals surface area contributed by atoms with Crippen LogP contribution in [0.4, 0.5) is 0 Å². The van der Waals surface area contributed by atoms with Gasteiger partial charge in [-0.25, -0.2) is 0 Å². The van der Waals surface area contributed by atoms with Gasteiger partial charge in [-0.1, -0.05) is 25.8 Å². The minimum absolute atomic E-state index is 0.113. The van der Waals surface area contributed by atoms with E-state index < -0.39 is 0 Å². The lowest BCUT2D eigenvalue weighted by molar-refractivity contribution is -0.121. The van der Waals surface area contributed by atoms with Crippen LogP contribution < -0.4 is 5.32 Å². The van der Waals surface area contributed by atoms with Gasteiger partial charge in [-0.3, -0.25) is 4.79 Å². The third-order valence-corrected chi connectivity index (χ3v) is 4.20. The summed E-state index contributed by atoms with van der Waals surface area (Å²) in [5, 5.41) is 4.20. The number of fused-ring (bicyclic) bond motifs is 1. The average Bonchev–Trinajstić information content (AvgIpc) is 3.08. The zero-order chi connectivity index (χ0) is 13.9. The van der Waals surface area contributed by atoms with E-state index in [2.05, 4.69) is 24.4 Å². The molecule has 3 heteroatoms. The molecule has 3 rings (SSSR count). The van der Waals surface area contributed by atoms with E-state index in [0.29, 0.717) is 12.5 Å². The molecule has 1 aliphatic rings. The molecular weight excluding hydrogens is 250 g/mol. The maximum Gasteiger partial charge on any atom is 0.224 e. The second-order valence-corrected chi connectivity index (χ2v) is 5.67. The zero-order valence-electron chi connectivity index (χ0n) is 11.9. The van der Waals surface area contributed by atoms with Crippen molar-refractivity contribution in [3.05, 3.63) is 35.6 Å². The zero-order valence-corrected chi connectivity index (χ0v) is 11.9. The Morgan fingerprint density at radius 1 is 1.35 bits per heavy atom. The van der Waals surface area contributed by atoms with E-state index in [1.54, 1.807) is 6.26 Å². The summed E-state index contributed by atoms with van der Waals surface area (Å²) in [6, 6.07) is 6.59. The number of rotatable bonds is 4. The summed E-state index contributed by atoms with van der Waals surface area (Å²) >= 11 is 0. The smallest absolute Gasteiger partial charge is 0.224 e. The number of carbonyl (C=O) groups is 1. The summed E-state index contributed by atoms with van der Waals surface area (Å²) in [4.78, 5) is 12.1. The molecule has 20 heavy (non-hydrogen) atoms. The Kier molecular flexibility index (Phi) is 3.77. The Hall–Kier alpha value is -1.77. The van der Waals surface area contributed by atoms with Crippen molar-refractivity contribution in [2.45, 2.75) is 51.5 Å². The van der Waals surface area contributed by atoms with Crippen LogP contribution in [-0.4, -0.2) is 11.9 Å². The fourth-order valence-corrected chi connectivity index (χ4v) is 3.01. The number of aryl methyl sites for hydroxylation is 1. The molecule has 0 radical (unpaired) electrons. The lowest BCUT2D eigenvalue weighted by Crippen LogP contribution is -2.33. The quantitative estimate of drug-likeness (QED) is 0.923. The van der Waals surface area contributed by atoms with Gasteiger partial charge in [-0.15, -0.1) is 0 Å². The summed E-state index contributed by atoms with van der Waals surface area (Å²) in [6.07, 6.45) is 7.85. The second kappa shape index (κ2) is 5.70. The molecule has 0 unspecified atom stereocenters. The van der Waals surface area contributed by atoms with E-state index in [4.69, 9.17) is 4.42 Å². The fraction of sp³-hybridized carbons (Fsp3) is 0.471. The van der Waals surface area contributed by atoms with E-state index in [0.717, 1.165) is 35.8 Å². The van der Waals surface area contributed by atoms with Crippen LogP contribution in [0.1, 0.15) is 43.7 Å². The van der Waals surface area contributed by atoms with Gasteiger partial charge in [0, 0.05) is 17.0 Å². The van der Waals surface area contributed by atoms with Crippen molar-refractivity contribution in [3.63, 3.8) is 0 Å². The molecule has 0 aliphatic heterocycles. The van der Waals surface area contributed by atoms with E-state index in [-0.39, 0.29) is 5.91 Å². The molecule has 0 saturated heterocycles. The summed E-state index contributed by atoms with van der Waals surface area (Å²) in [7, 11) is 0. The normalized spacial score (nSPS) is 15.8. The van der Waals surface area contributed by atoms with Gasteiger partial charge in [0.1, 0.15) is 5.58 Å². The van der Waals surface area contributed by atoms with Gasteiger partial charge in [-0.2, -0.15) is 0 Å². The molecule has 1 heterocycles. The van der Waals surface area contributed by atoms with Gasteiger partial charge in [-0.05, 0) is 37.0 Å². The Morgan fingerprint density at radius 2 is 2.15 bits per heavy atom. The lowest BCUT2D eigenvalue weighted by atomic mass is 10.1. The molecule has 2 aromatic rings. The van der Waals surface area contributed by atoms with E-state index in [9.17, 15) is 4.79 Å². The number of carbonyl (C=O) groups excluding carboxylic acids is 1. The predicted octanol–water partition coefficient (Wildman–Crippen LogP) is 3.60. The first-order valence-electron chi connectivity index (χ1n) is 7.54.